The first kappa shape index (κ1) is 14.5. The SMILES string of the molecule is Cc1cccc(-c2cc([N+](=O)[O-])ccc2OCC(=O)O)c1. The maximum atomic E-state index is 10.9. The minimum absolute atomic E-state index is 0.0748. The number of rotatable bonds is 5. The normalized spacial score (nSPS) is 10.1. The van der Waals surface area contributed by atoms with Crippen molar-refractivity contribution in [1.82, 2.24) is 0 Å². The van der Waals surface area contributed by atoms with Crippen molar-refractivity contribution >= 4 is 11.7 Å². The van der Waals surface area contributed by atoms with Crippen LogP contribution < -0.4 is 4.74 Å². The molecule has 0 aliphatic carbocycles. The Morgan fingerprint density at radius 1 is 1.29 bits per heavy atom. The summed E-state index contributed by atoms with van der Waals surface area (Å²) in [5.41, 5.74) is 2.14. The number of nitro groups is 1. The van der Waals surface area contributed by atoms with Gasteiger partial charge >= 0.3 is 5.97 Å². The van der Waals surface area contributed by atoms with E-state index in [1.807, 2.05) is 25.1 Å². The van der Waals surface area contributed by atoms with E-state index in [1.165, 1.54) is 18.2 Å². The first-order valence-corrected chi connectivity index (χ1v) is 6.17. The lowest BCUT2D eigenvalue weighted by atomic mass is 10.0. The number of carboxylic acids is 1. The fourth-order valence-corrected chi connectivity index (χ4v) is 1.94. The highest BCUT2D eigenvalue weighted by Crippen LogP contribution is 2.33. The molecule has 0 heterocycles. The maximum absolute atomic E-state index is 10.9. The molecule has 0 aliphatic heterocycles. The largest absolute Gasteiger partial charge is 0.481 e. The summed E-state index contributed by atoms with van der Waals surface area (Å²) in [7, 11) is 0. The number of ether oxygens (including phenoxy) is 1. The van der Waals surface area contributed by atoms with Crippen molar-refractivity contribution in [2.24, 2.45) is 0 Å². The van der Waals surface area contributed by atoms with Gasteiger partial charge in [-0.3, -0.25) is 10.1 Å². The zero-order chi connectivity index (χ0) is 15.4. The van der Waals surface area contributed by atoms with Crippen LogP contribution in [-0.4, -0.2) is 22.6 Å². The molecule has 21 heavy (non-hydrogen) atoms. The van der Waals surface area contributed by atoms with E-state index in [9.17, 15) is 14.9 Å². The first-order valence-electron chi connectivity index (χ1n) is 6.17. The smallest absolute Gasteiger partial charge is 0.341 e. The minimum atomic E-state index is -1.11. The van der Waals surface area contributed by atoms with E-state index in [2.05, 4.69) is 0 Å². The molecule has 108 valence electrons. The minimum Gasteiger partial charge on any atom is -0.481 e. The number of aliphatic carboxylic acids is 1. The van der Waals surface area contributed by atoms with E-state index in [0.29, 0.717) is 11.3 Å². The van der Waals surface area contributed by atoms with Gasteiger partial charge in [0, 0.05) is 17.7 Å². The number of carboxylic acid groups (broad SMARTS) is 1. The third-order valence-corrected chi connectivity index (χ3v) is 2.85. The molecule has 0 fully saturated rings. The molecular formula is C15H13NO5. The van der Waals surface area contributed by atoms with Crippen LogP contribution in [0, 0.1) is 17.0 Å². The highest BCUT2D eigenvalue weighted by molar-refractivity contribution is 5.74. The van der Waals surface area contributed by atoms with E-state index in [-0.39, 0.29) is 5.69 Å². The second kappa shape index (κ2) is 6.04. The van der Waals surface area contributed by atoms with Crippen LogP contribution in [0.2, 0.25) is 0 Å². The predicted molar refractivity (Wildman–Crippen MR) is 76.4 cm³/mol. The molecule has 0 amide bonds. The highest BCUT2D eigenvalue weighted by Gasteiger charge is 2.14. The van der Waals surface area contributed by atoms with Gasteiger partial charge in [0.25, 0.3) is 5.69 Å². The second-order valence-electron chi connectivity index (χ2n) is 4.49. The third kappa shape index (κ3) is 3.56. The molecule has 2 aromatic carbocycles. The van der Waals surface area contributed by atoms with Gasteiger partial charge < -0.3 is 9.84 Å². The van der Waals surface area contributed by atoms with E-state index in [4.69, 9.17) is 9.84 Å². The Hall–Kier alpha value is -2.89. The molecule has 0 saturated carbocycles. The number of carbonyl (C=O) groups is 1. The van der Waals surface area contributed by atoms with Gasteiger partial charge in [0.1, 0.15) is 5.75 Å². The van der Waals surface area contributed by atoms with Gasteiger partial charge in [-0.1, -0.05) is 29.8 Å². The van der Waals surface area contributed by atoms with E-state index in [0.717, 1.165) is 11.1 Å². The summed E-state index contributed by atoms with van der Waals surface area (Å²) in [5.74, 6) is -0.808. The van der Waals surface area contributed by atoms with Crippen LogP contribution in [-0.2, 0) is 4.79 Å². The molecule has 2 aromatic rings. The molecule has 0 atom stereocenters. The lowest BCUT2D eigenvalue weighted by molar-refractivity contribution is -0.384. The first-order chi connectivity index (χ1) is 9.97. The Labute approximate surface area is 120 Å². The summed E-state index contributed by atoms with van der Waals surface area (Å²) in [6, 6.07) is 11.5. The molecule has 2 rings (SSSR count). The second-order valence-corrected chi connectivity index (χ2v) is 4.49. The summed E-state index contributed by atoms with van der Waals surface area (Å²) in [6.07, 6.45) is 0. The third-order valence-electron chi connectivity index (χ3n) is 2.85. The summed E-state index contributed by atoms with van der Waals surface area (Å²) in [4.78, 5) is 21.0. The molecule has 0 saturated heterocycles. The Morgan fingerprint density at radius 2 is 2.05 bits per heavy atom. The standard InChI is InChI=1S/C15H13NO5/c1-10-3-2-4-11(7-10)13-8-12(16(19)20)5-6-14(13)21-9-15(17)18/h2-8H,9H2,1H3,(H,17,18). The molecule has 6 nitrogen and oxygen atoms in total. The van der Waals surface area contributed by atoms with Gasteiger partial charge in [0.05, 0.1) is 4.92 Å². The predicted octanol–water partition coefficient (Wildman–Crippen LogP) is 3.03. The molecule has 0 aromatic heterocycles. The monoisotopic (exact) mass is 287 g/mol. The van der Waals surface area contributed by atoms with Gasteiger partial charge in [-0.15, -0.1) is 0 Å². The Balaban J connectivity index is 2.50. The Morgan fingerprint density at radius 3 is 2.67 bits per heavy atom. The van der Waals surface area contributed by atoms with Crippen molar-refractivity contribution in [2.75, 3.05) is 6.61 Å². The zero-order valence-electron chi connectivity index (χ0n) is 11.3. The van der Waals surface area contributed by atoms with Crippen LogP contribution in [0.25, 0.3) is 11.1 Å². The molecule has 0 spiro atoms. The van der Waals surface area contributed by atoms with Crippen LogP contribution in [0.3, 0.4) is 0 Å². The zero-order valence-corrected chi connectivity index (χ0v) is 11.3. The van der Waals surface area contributed by atoms with E-state index < -0.39 is 17.5 Å². The highest BCUT2D eigenvalue weighted by atomic mass is 16.6. The summed E-state index contributed by atoms with van der Waals surface area (Å²) in [5, 5.41) is 19.6. The molecular weight excluding hydrogens is 274 g/mol. The topological polar surface area (TPSA) is 89.7 Å². The van der Waals surface area contributed by atoms with Crippen LogP contribution in [0.4, 0.5) is 5.69 Å². The van der Waals surface area contributed by atoms with Crippen molar-refractivity contribution in [3.63, 3.8) is 0 Å². The maximum Gasteiger partial charge on any atom is 0.341 e. The quantitative estimate of drug-likeness (QED) is 0.674. The lowest BCUT2D eigenvalue weighted by Crippen LogP contribution is -2.10. The molecule has 6 heteroatoms. The molecule has 0 radical (unpaired) electrons. The van der Waals surface area contributed by atoms with Crippen molar-refractivity contribution in [3.05, 3.63) is 58.1 Å². The fraction of sp³-hybridized carbons (Fsp3) is 0.133. The van der Waals surface area contributed by atoms with Crippen LogP contribution in [0.15, 0.2) is 42.5 Å². The van der Waals surface area contributed by atoms with E-state index >= 15 is 0 Å². The molecule has 0 unspecified atom stereocenters. The van der Waals surface area contributed by atoms with Gasteiger partial charge in [-0.05, 0) is 18.6 Å². The fourth-order valence-electron chi connectivity index (χ4n) is 1.94. The van der Waals surface area contributed by atoms with Gasteiger partial charge in [0.2, 0.25) is 0 Å². The average Bonchev–Trinajstić information content (AvgIpc) is 2.44. The van der Waals surface area contributed by atoms with E-state index in [1.54, 1.807) is 6.07 Å². The summed E-state index contributed by atoms with van der Waals surface area (Å²) < 4.78 is 5.21. The van der Waals surface area contributed by atoms with Crippen molar-refractivity contribution < 1.29 is 19.6 Å². The van der Waals surface area contributed by atoms with Crippen molar-refractivity contribution in [3.8, 4) is 16.9 Å². The average molecular weight is 287 g/mol. The number of nitro benzene ring substituents is 1. The van der Waals surface area contributed by atoms with Gasteiger partial charge in [0.15, 0.2) is 6.61 Å². The molecule has 0 bridgehead atoms. The van der Waals surface area contributed by atoms with Crippen LogP contribution >= 0.6 is 0 Å². The number of non-ortho nitro benzene ring substituents is 1. The number of hydrogen-bond acceptors (Lipinski definition) is 4. The Bertz CT molecular complexity index is 696. The van der Waals surface area contributed by atoms with Crippen LogP contribution in [0.1, 0.15) is 5.56 Å². The van der Waals surface area contributed by atoms with Gasteiger partial charge in [-0.25, -0.2) is 4.79 Å². The Kier molecular flexibility index (Phi) is 4.18. The number of hydrogen-bond donors (Lipinski definition) is 1. The number of benzene rings is 2. The number of nitrogens with zero attached hydrogens (tertiary/aromatic N) is 1. The molecule has 1 N–H and O–H groups in total. The summed E-state index contributed by atoms with van der Waals surface area (Å²) in [6.45, 7) is 1.40. The summed E-state index contributed by atoms with van der Waals surface area (Å²) >= 11 is 0. The number of aryl methyl sites for hydroxylation is 1. The molecule has 0 aliphatic rings. The lowest BCUT2D eigenvalue weighted by Gasteiger charge is -2.10. The van der Waals surface area contributed by atoms with Gasteiger partial charge in [-0.2, -0.15) is 0 Å². The van der Waals surface area contributed by atoms with Crippen LogP contribution in [0.5, 0.6) is 5.75 Å². The van der Waals surface area contributed by atoms with Crippen molar-refractivity contribution in [1.29, 1.82) is 0 Å². The van der Waals surface area contributed by atoms with Crippen molar-refractivity contribution in [2.45, 2.75) is 6.92 Å².